The Hall–Kier alpha value is -1.55. The fourth-order valence-corrected chi connectivity index (χ4v) is 2.45. The Morgan fingerprint density at radius 3 is 2.63 bits per heavy atom. The number of nitrogens with two attached hydrogens (primary N) is 1. The maximum Gasteiger partial charge on any atom is 0.148 e. The van der Waals surface area contributed by atoms with Crippen molar-refractivity contribution in [2.24, 2.45) is 0 Å². The van der Waals surface area contributed by atoms with Gasteiger partial charge in [-0.2, -0.15) is 0 Å². The molecular formula is C15H16BrFN2. The molecule has 0 unspecified atom stereocenters. The number of nitrogen functional groups attached to an aromatic ring is 1. The number of anilines is 2. The molecule has 0 spiro atoms. The van der Waals surface area contributed by atoms with Crippen LogP contribution in [-0.4, -0.2) is 13.6 Å². The van der Waals surface area contributed by atoms with E-state index in [0.29, 0.717) is 0 Å². The van der Waals surface area contributed by atoms with Gasteiger partial charge in [0.25, 0.3) is 0 Å². The van der Waals surface area contributed by atoms with Crippen LogP contribution in [0.1, 0.15) is 5.56 Å². The van der Waals surface area contributed by atoms with Crippen LogP contribution in [0.5, 0.6) is 0 Å². The number of halogens is 2. The highest BCUT2D eigenvalue weighted by Gasteiger charge is 2.09. The van der Waals surface area contributed by atoms with Crippen LogP contribution in [-0.2, 0) is 6.42 Å². The van der Waals surface area contributed by atoms with Gasteiger partial charge in [0.15, 0.2) is 0 Å². The minimum absolute atomic E-state index is 0.206. The summed E-state index contributed by atoms with van der Waals surface area (Å²) in [6, 6.07) is 13.0. The monoisotopic (exact) mass is 322 g/mol. The first-order valence-corrected chi connectivity index (χ1v) is 6.87. The number of para-hydroxylation sites is 1. The highest BCUT2D eigenvalue weighted by Crippen LogP contribution is 2.25. The van der Waals surface area contributed by atoms with Crippen LogP contribution < -0.4 is 10.6 Å². The second kappa shape index (κ2) is 6.06. The number of likely N-dealkylation sites (N-methyl/N-ethyl adjacent to an activating group) is 1. The lowest BCUT2D eigenvalue weighted by Gasteiger charge is -2.21. The summed E-state index contributed by atoms with van der Waals surface area (Å²) in [5.74, 6) is -0.370. The Bertz CT molecular complexity index is 572. The normalized spacial score (nSPS) is 10.5. The molecule has 2 N–H and O–H groups in total. The molecule has 4 heteroatoms. The zero-order valence-electron chi connectivity index (χ0n) is 10.7. The van der Waals surface area contributed by atoms with Gasteiger partial charge in [-0.15, -0.1) is 0 Å². The Labute approximate surface area is 121 Å². The van der Waals surface area contributed by atoms with Crippen molar-refractivity contribution in [3.05, 3.63) is 58.3 Å². The first-order valence-electron chi connectivity index (χ1n) is 6.08. The van der Waals surface area contributed by atoms with Gasteiger partial charge in [-0.25, -0.2) is 4.39 Å². The van der Waals surface area contributed by atoms with Crippen molar-refractivity contribution in [3.8, 4) is 0 Å². The van der Waals surface area contributed by atoms with E-state index < -0.39 is 0 Å². The van der Waals surface area contributed by atoms with E-state index in [1.807, 2.05) is 36.2 Å². The molecule has 0 saturated heterocycles. The van der Waals surface area contributed by atoms with E-state index >= 15 is 0 Å². The third-order valence-corrected chi connectivity index (χ3v) is 3.89. The van der Waals surface area contributed by atoms with Crippen LogP contribution in [0.15, 0.2) is 46.9 Å². The highest BCUT2D eigenvalue weighted by atomic mass is 79.9. The molecule has 0 aromatic heterocycles. The van der Waals surface area contributed by atoms with E-state index in [-0.39, 0.29) is 11.5 Å². The van der Waals surface area contributed by atoms with Gasteiger partial charge in [-0.3, -0.25) is 0 Å². The molecule has 0 fully saturated rings. The summed E-state index contributed by atoms with van der Waals surface area (Å²) >= 11 is 3.53. The van der Waals surface area contributed by atoms with Crippen LogP contribution in [0, 0.1) is 5.82 Å². The number of hydrogen-bond acceptors (Lipinski definition) is 2. The molecule has 0 aliphatic rings. The van der Waals surface area contributed by atoms with Gasteiger partial charge in [-0.05, 0) is 30.2 Å². The van der Waals surface area contributed by atoms with Crippen molar-refractivity contribution in [1.82, 2.24) is 0 Å². The van der Waals surface area contributed by atoms with Gasteiger partial charge >= 0.3 is 0 Å². The van der Waals surface area contributed by atoms with Crippen molar-refractivity contribution in [2.45, 2.75) is 6.42 Å². The number of benzene rings is 2. The van der Waals surface area contributed by atoms with Gasteiger partial charge in [0, 0.05) is 18.1 Å². The van der Waals surface area contributed by atoms with Gasteiger partial charge < -0.3 is 10.6 Å². The van der Waals surface area contributed by atoms with Gasteiger partial charge in [0.05, 0.1) is 11.4 Å². The standard InChI is InChI=1S/C15H16BrFN2/c1-19(14-8-4-7-13(17)15(14)18)10-9-11-5-2-3-6-12(11)16/h2-8H,9-10,18H2,1H3. The molecule has 0 bridgehead atoms. The maximum atomic E-state index is 13.4. The third-order valence-electron chi connectivity index (χ3n) is 3.12. The summed E-state index contributed by atoms with van der Waals surface area (Å²) in [7, 11) is 1.92. The second-order valence-corrected chi connectivity index (χ2v) is 5.29. The molecule has 0 atom stereocenters. The molecule has 2 aromatic rings. The van der Waals surface area contributed by atoms with Crippen molar-refractivity contribution in [3.63, 3.8) is 0 Å². The molecule has 2 rings (SSSR count). The smallest absolute Gasteiger partial charge is 0.148 e. The van der Waals surface area contributed by atoms with Crippen LogP contribution in [0.3, 0.4) is 0 Å². The fraction of sp³-hybridized carbons (Fsp3) is 0.200. The average Bonchev–Trinajstić information content (AvgIpc) is 2.40. The fourth-order valence-electron chi connectivity index (χ4n) is 1.97. The van der Waals surface area contributed by atoms with Crippen LogP contribution in [0.4, 0.5) is 15.8 Å². The summed E-state index contributed by atoms with van der Waals surface area (Å²) in [6.45, 7) is 0.774. The van der Waals surface area contributed by atoms with E-state index in [1.54, 1.807) is 6.07 Å². The summed E-state index contributed by atoms with van der Waals surface area (Å²) in [4.78, 5) is 1.97. The first-order chi connectivity index (χ1) is 9.09. The first kappa shape index (κ1) is 13.9. The summed E-state index contributed by atoms with van der Waals surface area (Å²) in [6.07, 6.45) is 0.869. The van der Waals surface area contributed by atoms with Gasteiger partial charge in [0.2, 0.25) is 0 Å². The number of rotatable bonds is 4. The quantitative estimate of drug-likeness (QED) is 0.866. The SMILES string of the molecule is CN(CCc1ccccc1Br)c1cccc(F)c1N. The largest absolute Gasteiger partial charge is 0.395 e. The molecule has 2 nitrogen and oxygen atoms in total. The van der Waals surface area contributed by atoms with E-state index in [0.717, 1.165) is 23.1 Å². The molecule has 0 saturated carbocycles. The van der Waals surface area contributed by atoms with E-state index in [9.17, 15) is 4.39 Å². The molecule has 2 aromatic carbocycles. The number of hydrogen-bond donors (Lipinski definition) is 1. The lowest BCUT2D eigenvalue weighted by molar-refractivity contribution is 0.632. The lowest BCUT2D eigenvalue weighted by Crippen LogP contribution is -2.21. The van der Waals surface area contributed by atoms with Gasteiger partial charge in [0.1, 0.15) is 5.82 Å². The molecule has 100 valence electrons. The average molecular weight is 323 g/mol. The van der Waals surface area contributed by atoms with Crippen molar-refractivity contribution >= 4 is 27.3 Å². The minimum atomic E-state index is -0.370. The Balaban J connectivity index is 2.08. The topological polar surface area (TPSA) is 29.3 Å². The van der Waals surface area contributed by atoms with Crippen LogP contribution >= 0.6 is 15.9 Å². The van der Waals surface area contributed by atoms with E-state index in [1.165, 1.54) is 11.6 Å². The maximum absolute atomic E-state index is 13.4. The highest BCUT2D eigenvalue weighted by molar-refractivity contribution is 9.10. The Kier molecular flexibility index (Phi) is 4.43. The molecule has 0 aliphatic heterocycles. The zero-order valence-corrected chi connectivity index (χ0v) is 12.3. The van der Waals surface area contributed by atoms with Crippen LogP contribution in [0.25, 0.3) is 0 Å². The van der Waals surface area contributed by atoms with E-state index in [2.05, 4.69) is 22.0 Å². The minimum Gasteiger partial charge on any atom is -0.395 e. The van der Waals surface area contributed by atoms with Crippen molar-refractivity contribution < 1.29 is 4.39 Å². The third kappa shape index (κ3) is 3.26. The molecular weight excluding hydrogens is 307 g/mol. The zero-order chi connectivity index (χ0) is 13.8. The summed E-state index contributed by atoms with van der Waals surface area (Å²) < 4.78 is 14.5. The lowest BCUT2D eigenvalue weighted by atomic mass is 10.1. The predicted molar refractivity (Wildman–Crippen MR) is 81.9 cm³/mol. The molecule has 0 amide bonds. The van der Waals surface area contributed by atoms with E-state index in [4.69, 9.17) is 5.73 Å². The second-order valence-electron chi connectivity index (χ2n) is 4.44. The summed E-state index contributed by atoms with van der Waals surface area (Å²) in [5.41, 5.74) is 7.92. The van der Waals surface area contributed by atoms with Crippen molar-refractivity contribution in [1.29, 1.82) is 0 Å². The molecule has 0 aliphatic carbocycles. The number of nitrogens with zero attached hydrogens (tertiary/aromatic N) is 1. The predicted octanol–water partition coefficient (Wildman–Crippen LogP) is 3.85. The van der Waals surface area contributed by atoms with Gasteiger partial charge in [-0.1, -0.05) is 40.2 Å². The molecule has 19 heavy (non-hydrogen) atoms. The Morgan fingerprint density at radius 1 is 1.16 bits per heavy atom. The van der Waals surface area contributed by atoms with Crippen molar-refractivity contribution in [2.75, 3.05) is 24.2 Å². The molecule has 0 radical (unpaired) electrons. The Morgan fingerprint density at radius 2 is 1.89 bits per heavy atom. The molecule has 0 heterocycles. The summed E-state index contributed by atoms with van der Waals surface area (Å²) in [5, 5.41) is 0. The van der Waals surface area contributed by atoms with Crippen LogP contribution in [0.2, 0.25) is 0 Å².